The Balaban J connectivity index is 2.12. The number of anilines is 1. The van der Waals surface area contributed by atoms with Crippen LogP contribution in [-0.4, -0.2) is 34.6 Å². The monoisotopic (exact) mass is 290 g/mol. The standard InChI is InChI=1S/C16H22N2O3/c1-2-12-7-3-6-10-14(12)17-16(21)18(11-15(19)20)13-8-4-5-9-13/h3,6-7,10,13H,2,4-5,8-9,11H2,1H3,(H,17,21)(H,19,20). The van der Waals surface area contributed by atoms with E-state index in [2.05, 4.69) is 5.32 Å². The first kappa shape index (κ1) is 15.4. The van der Waals surface area contributed by atoms with Crippen LogP contribution >= 0.6 is 0 Å². The fourth-order valence-electron chi connectivity index (χ4n) is 2.87. The number of rotatable bonds is 5. The smallest absolute Gasteiger partial charge is 0.323 e. The van der Waals surface area contributed by atoms with Crippen molar-refractivity contribution in [3.63, 3.8) is 0 Å². The maximum Gasteiger partial charge on any atom is 0.323 e. The minimum atomic E-state index is -0.971. The summed E-state index contributed by atoms with van der Waals surface area (Å²) in [6, 6.07) is 7.34. The number of urea groups is 1. The van der Waals surface area contributed by atoms with E-state index in [4.69, 9.17) is 5.11 Å². The van der Waals surface area contributed by atoms with Crippen LogP contribution in [0, 0.1) is 0 Å². The Hall–Kier alpha value is -2.04. The molecule has 0 atom stereocenters. The number of carboxylic acid groups (broad SMARTS) is 1. The van der Waals surface area contributed by atoms with Crippen molar-refractivity contribution in [1.29, 1.82) is 0 Å². The van der Waals surface area contributed by atoms with E-state index in [0.717, 1.165) is 43.4 Å². The summed E-state index contributed by atoms with van der Waals surface area (Å²) in [5.74, 6) is -0.971. The second-order valence-corrected chi connectivity index (χ2v) is 5.40. The van der Waals surface area contributed by atoms with Crippen LogP contribution < -0.4 is 5.32 Å². The van der Waals surface area contributed by atoms with Crippen LogP contribution in [0.1, 0.15) is 38.2 Å². The van der Waals surface area contributed by atoms with Gasteiger partial charge in [0.1, 0.15) is 6.54 Å². The van der Waals surface area contributed by atoms with E-state index < -0.39 is 5.97 Å². The van der Waals surface area contributed by atoms with Crippen LogP contribution in [-0.2, 0) is 11.2 Å². The Morgan fingerprint density at radius 2 is 1.95 bits per heavy atom. The second kappa shape index (κ2) is 7.11. The van der Waals surface area contributed by atoms with E-state index in [-0.39, 0.29) is 18.6 Å². The van der Waals surface area contributed by atoms with Gasteiger partial charge in [-0.1, -0.05) is 38.0 Å². The van der Waals surface area contributed by atoms with Crippen molar-refractivity contribution in [3.8, 4) is 0 Å². The molecule has 1 aromatic rings. The molecule has 1 aliphatic rings. The summed E-state index contributed by atoms with van der Waals surface area (Å²) in [4.78, 5) is 24.9. The molecule has 5 heteroatoms. The highest BCUT2D eigenvalue weighted by atomic mass is 16.4. The topological polar surface area (TPSA) is 69.6 Å². The largest absolute Gasteiger partial charge is 0.480 e. The van der Waals surface area contributed by atoms with Gasteiger partial charge < -0.3 is 15.3 Å². The van der Waals surface area contributed by atoms with Gasteiger partial charge in [-0.2, -0.15) is 0 Å². The van der Waals surface area contributed by atoms with Crippen molar-refractivity contribution >= 4 is 17.7 Å². The molecular weight excluding hydrogens is 268 g/mol. The highest BCUT2D eigenvalue weighted by Crippen LogP contribution is 2.24. The van der Waals surface area contributed by atoms with Crippen LogP contribution in [0.3, 0.4) is 0 Å². The lowest BCUT2D eigenvalue weighted by Gasteiger charge is -2.27. The zero-order valence-corrected chi connectivity index (χ0v) is 12.3. The number of carbonyl (C=O) groups is 2. The molecule has 0 saturated heterocycles. The zero-order valence-electron chi connectivity index (χ0n) is 12.3. The van der Waals surface area contributed by atoms with Crippen molar-refractivity contribution in [3.05, 3.63) is 29.8 Å². The lowest BCUT2D eigenvalue weighted by Crippen LogP contribution is -2.44. The Bertz CT molecular complexity index is 510. The van der Waals surface area contributed by atoms with Crippen LogP contribution in [0.25, 0.3) is 0 Å². The number of amides is 2. The van der Waals surface area contributed by atoms with Gasteiger partial charge in [0.2, 0.25) is 0 Å². The number of para-hydroxylation sites is 1. The summed E-state index contributed by atoms with van der Waals surface area (Å²) in [5, 5.41) is 11.9. The van der Waals surface area contributed by atoms with Gasteiger partial charge in [-0.15, -0.1) is 0 Å². The van der Waals surface area contributed by atoms with Gasteiger partial charge in [-0.05, 0) is 30.9 Å². The van der Waals surface area contributed by atoms with E-state index in [1.807, 2.05) is 31.2 Å². The van der Waals surface area contributed by atoms with Gasteiger partial charge in [0, 0.05) is 11.7 Å². The van der Waals surface area contributed by atoms with Crippen molar-refractivity contribution in [2.75, 3.05) is 11.9 Å². The molecule has 1 saturated carbocycles. The molecular formula is C16H22N2O3. The third-order valence-corrected chi connectivity index (χ3v) is 3.97. The van der Waals surface area contributed by atoms with Crippen molar-refractivity contribution in [1.82, 2.24) is 4.90 Å². The minimum Gasteiger partial charge on any atom is -0.480 e. The molecule has 2 N–H and O–H groups in total. The lowest BCUT2D eigenvalue weighted by molar-refractivity contribution is -0.138. The quantitative estimate of drug-likeness (QED) is 0.875. The first-order chi connectivity index (χ1) is 10.1. The third kappa shape index (κ3) is 3.97. The van der Waals surface area contributed by atoms with Crippen LogP contribution in [0.5, 0.6) is 0 Å². The number of nitrogens with one attached hydrogen (secondary N) is 1. The summed E-state index contributed by atoms with van der Waals surface area (Å²) < 4.78 is 0. The number of aryl methyl sites for hydroxylation is 1. The maximum atomic E-state index is 12.5. The van der Waals surface area contributed by atoms with E-state index in [0.29, 0.717) is 0 Å². The number of benzene rings is 1. The van der Waals surface area contributed by atoms with Gasteiger partial charge in [0.05, 0.1) is 0 Å². The van der Waals surface area contributed by atoms with Gasteiger partial charge >= 0.3 is 12.0 Å². The number of carboxylic acids is 1. The van der Waals surface area contributed by atoms with Crippen LogP contribution in [0.2, 0.25) is 0 Å². The molecule has 0 heterocycles. The fraction of sp³-hybridized carbons (Fsp3) is 0.500. The summed E-state index contributed by atoms with van der Waals surface area (Å²) in [6.45, 7) is 1.78. The first-order valence-electron chi connectivity index (χ1n) is 7.49. The molecule has 5 nitrogen and oxygen atoms in total. The van der Waals surface area contributed by atoms with Gasteiger partial charge in [0.15, 0.2) is 0 Å². The Morgan fingerprint density at radius 1 is 1.29 bits per heavy atom. The summed E-state index contributed by atoms with van der Waals surface area (Å²) in [7, 11) is 0. The molecule has 0 radical (unpaired) electrons. The molecule has 1 fully saturated rings. The molecule has 1 aromatic carbocycles. The average molecular weight is 290 g/mol. The predicted octanol–water partition coefficient (Wildman–Crippen LogP) is 3.11. The third-order valence-electron chi connectivity index (χ3n) is 3.97. The predicted molar refractivity (Wildman–Crippen MR) is 81.4 cm³/mol. The number of nitrogens with zero attached hydrogens (tertiary/aromatic N) is 1. The molecule has 0 spiro atoms. The maximum absolute atomic E-state index is 12.5. The summed E-state index contributed by atoms with van der Waals surface area (Å²) >= 11 is 0. The molecule has 1 aliphatic carbocycles. The lowest BCUT2D eigenvalue weighted by atomic mass is 10.1. The first-order valence-corrected chi connectivity index (χ1v) is 7.49. The molecule has 21 heavy (non-hydrogen) atoms. The van der Waals surface area contributed by atoms with Crippen LogP contribution in [0.4, 0.5) is 10.5 Å². The van der Waals surface area contributed by atoms with Gasteiger partial charge in [0.25, 0.3) is 0 Å². The minimum absolute atomic E-state index is 0.0369. The number of carbonyl (C=O) groups excluding carboxylic acids is 1. The Morgan fingerprint density at radius 3 is 2.57 bits per heavy atom. The van der Waals surface area contributed by atoms with E-state index in [1.54, 1.807) is 0 Å². The zero-order chi connectivity index (χ0) is 15.2. The van der Waals surface area contributed by atoms with E-state index >= 15 is 0 Å². The van der Waals surface area contributed by atoms with Crippen LogP contribution in [0.15, 0.2) is 24.3 Å². The van der Waals surface area contributed by atoms with E-state index in [9.17, 15) is 9.59 Å². The average Bonchev–Trinajstić information content (AvgIpc) is 2.99. The van der Waals surface area contributed by atoms with E-state index in [1.165, 1.54) is 4.90 Å². The number of aliphatic carboxylic acids is 1. The summed E-state index contributed by atoms with van der Waals surface area (Å²) in [5.41, 5.74) is 1.81. The normalized spacial score (nSPS) is 14.9. The number of hydrogen-bond acceptors (Lipinski definition) is 2. The Kier molecular flexibility index (Phi) is 5.20. The van der Waals surface area contributed by atoms with Gasteiger partial charge in [-0.3, -0.25) is 4.79 Å². The SMILES string of the molecule is CCc1ccccc1NC(=O)N(CC(=O)O)C1CCCC1. The van der Waals surface area contributed by atoms with Crippen molar-refractivity contribution in [2.45, 2.75) is 45.1 Å². The molecule has 0 bridgehead atoms. The number of hydrogen-bond donors (Lipinski definition) is 2. The summed E-state index contributed by atoms with van der Waals surface area (Å²) in [6.07, 6.45) is 4.70. The Labute approximate surface area is 125 Å². The molecule has 2 amide bonds. The highest BCUT2D eigenvalue weighted by Gasteiger charge is 2.28. The molecule has 0 aliphatic heterocycles. The highest BCUT2D eigenvalue weighted by molar-refractivity contribution is 5.92. The fourth-order valence-corrected chi connectivity index (χ4v) is 2.87. The molecule has 0 unspecified atom stereocenters. The second-order valence-electron chi connectivity index (χ2n) is 5.40. The van der Waals surface area contributed by atoms with Crippen molar-refractivity contribution in [2.24, 2.45) is 0 Å². The van der Waals surface area contributed by atoms with Gasteiger partial charge in [-0.25, -0.2) is 4.79 Å². The molecule has 114 valence electrons. The van der Waals surface area contributed by atoms with Crippen molar-refractivity contribution < 1.29 is 14.7 Å². The molecule has 0 aromatic heterocycles. The molecule has 2 rings (SSSR count).